The Hall–Kier alpha value is 0.491. The molecule has 0 aromatic rings. The lowest BCUT2D eigenvalue weighted by Crippen LogP contribution is -2.60. The predicted octanol–water partition coefficient (Wildman–Crippen LogP) is 1.96. The van der Waals surface area contributed by atoms with Gasteiger partial charge in [0, 0.05) is 6.61 Å². The maximum absolute atomic E-state index is 6.19. The highest BCUT2D eigenvalue weighted by molar-refractivity contribution is 6.83. The Kier molecular flexibility index (Phi) is 7.15. The van der Waals surface area contributed by atoms with E-state index < -0.39 is 27.1 Å². The van der Waals surface area contributed by atoms with Crippen molar-refractivity contribution in [2.75, 3.05) is 12.8 Å². The van der Waals surface area contributed by atoms with Gasteiger partial charge in [0.2, 0.25) is 0 Å². The average Bonchev–Trinajstić information content (AvgIpc) is 2.38. The van der Waals surface area contributed by atoms with Gasteiger partial charge in [0.05, 0.1) is 6.23 Å². The van der Waals surface area contributed by atoms with Gasteiger partial charge in [-0.05, 0) is 24.6 Å². The van der Waals surface area contributed by atoms with Gasteiger partial charge in [0.25, 0.3) is 0 Å². The van der Waals surface area contributed by atoms with Crippen molar-refractivity contribution in [1.82, 2.24) is 0 Å². The van der Waals surface area contributed by atoms with Gasteiger partial charge in [-0.15, -0.1) is 0 Å². The van der Waals surface area contributed by atoms with Crippen LogP contribution in [0.4, 0.5) is 0 Å². The zero-order chi connectivity index (χ0) is 12.7. The maximum atomic E-state index is 6.19. The SMILES string of the molecule is CCCOC[Si]1(CC)O[SiH](CC)O[SiH](CC)O1. The molecule has 7 heteroatoms. The third-order valence-corrected chi connectivity index (χ3v) is 13.9. The van der Waals surface area contributed by atoms with Gasteiger partial charge in [-0.3, -0.25) is 0 Å². The first kappa shape index (κ1) is 15.5. The molecular formula is C10H26O4Si3. The van der Waals surface area contributed by atoms with Crippen molar-refractivity contribution in [3.63, 3.8) is 0 Å². The van der Waals surface area contributed by atoms with Gasteiger partial charge in [-0.25, -0.2) is 0 Å². The Morgan fingerprint density at radius 3 is 2.00 bits per heavy atom. The molecule has 0 saturated carbocycles. The fourth-order valence-electron chi connectivity index (χ4n) is 1.80. The van der Waals surface area contributed by atoms with Crippen molar-refractivity contribution in [2.24, 2.45) is 0 Å². The van der Waals surface area contributed by atoms with E-state index in [-0.39, 0.29) is 0 Å². The second kappa shape index (κ2) is 7.82. The first-order valence-electron chi connectivity index (χ1n) is 6.78. The zero-order valence-electron chi connectivity index (χ0n) is 11.5. The highest BCUT2D eigenvalue weighted by Crippen LogP contribution is 2.25. The van der Waals surface area contributed by atoms with Crippen LogP contribution in [-0.2, 0) is 17.1 Å². The molecule has 0 bridgehead atoms. The van der Waals surface area contributed by atoms with E-state index >= 15 is 0 Å². The van der Waals surface area contributed by atoms with Gasteiger partial charge in [0.15, 0.2) is 0 Å². The Labute approximate surface area is 110 Å². The molecule has 1 rings (SSSR count). The molecule has 0 N–H and O–H groups in total. The van der Waals surface area contributed by atoms with E-state index in [0.717, 1.165) is 31.2 Å². The molecular weight excluding hydrogens is 268 g/mol. The first-order chi connectivity index (χ1) is 8.19. The van der Waals surface area contributed by atoms with Crippen LogP contribution in [0.15, 0.2) is 0 Å². The van der Waals surface area contributed by atoms with Crippen LogP contribution in [0.2, 0.25) is 18.1 Å². The highest BCUT2D eigenvalue weighted by atomic mass is 28.5. The topological polar surface area (TPSA) is 36.9 Å². The van der Waals surface area contributed by atoms with E-state index in [1.807, 2.05) is 0 Å². The van der Waals surface area contributed by atoms with Crippen LogP contribution < -0.4 is 0 Å². The third-order valence-electron chi connectivity index (χ3n) is 2.87. The molecule has 4 nitrogen and oxygen atoms in total. The summed E-state index contributed by atoms with van der Waals surface area (Å²) in [6.07, 6.45) is 1.74. The maximum Gasteiger partial charge on any atom is 0.346 e. The summed E-state index contributed by atoms with van der Waals surface area (Å²) in [7, 11) is -5.00. The number of hydrogen-bond acceptors (Lipinski definition) is 4. The lowest BCUT2D eigenvalue weighted by Gasteiger charge is -2.41. The van der Waals surface area contributed by atoms with E-state index in [9.17, 15) is 0 Å². The molecule has 0 spiro atoms. The van der Waals surface area contributed by atoms with Gasteiger partial charge < -0.3 is 17.1 Å². The van der Waals surface area contributed by atoms with Crippen LogP contribution in [0.3, 0.4) is 0 Å². The summed E-state index contributed by atoms with van der Waals surface area (Å²) in [6, 6.07) is 3.05. The van der Waals surface area contributed by atoms with Crippen LogP contribution in [0.1, 0.15) is 34.1 Å². The quantitative estimate of drug-likeness (QED) is 0.531. The summed E-state index contributed by atoms with van der Waals surface area (Å²) in [5.74, 6) is 0. The van der Waals surface area contributed by atoms with E-state index in [4.69, 9.17) is 17.1 Å². The average molecular weight is 295 g/mol. The van der Waals surface area contributed by atoms with Gasteiger partial charge >= 0.3 is 27.1 Å². The molecule has 0 aliphatic carbocycles. The molecule has 0 radical (unpaired) electrons. The van der Waals surface area contributed by atoms with E-state index in [1.165, 1.54) is 0 Å². The van der Waals surface area contributed by atoms with Gasteiger partial charge in [0.1, 0.15) is 0 Å². The van der Waals surface area contributed by atoms with E-state index in [0.29, 0.717) is 6.23 Å². The molecule has 1 fully saturated rings. The number of ether oxygens (including phenoxy) is 1. The number of rotatable bonds is 7. The smallest absolute Gasteiger partial charge is 0.346 e. The Bertz CT molecular complexity index is 206. The lowest BCUT2D eigenvalue weighted by atomic mass is 10.5. The molecule has 1 aliphatic heterocycles. The Morgan fingerprint density at radius 2 is 1.59 bits per heavy atom. The molecule has 1 saturated heterocycles. The molecule has 102 valence electrons. The molecule has 1 aliphatic rings. The summed E-state index contributed by atoms with van der Waals surface area (Å²) in [5, 5.41) is 0. The van der Waals surface area contributed by atoms with Crippen molar-refractivity contribution in [1.29, 1.82) is 0 Å². The molecule has 1 heterocycles. The second-order valence-corrected chi connectivity index (χ2v) is 13.5. The van der Waals surface area contributed by atoms with Crippen LogP contribution in [0.25, 0.3) is 0 Å². The molecule has 2 unspecified atom stereocenters. The van der Waals surface area contributed by atoms with Crippen LogP contribution in [0, 0.1) is 0 Å². The van der Waals surface area contributed by atoms with Gasteiger partial charge in [-0.2, -0.15) is 0 Å². The largest absolute Gasteiger partial charge is 0.420 e. The predicted molar refractivity (Wildman–Crippen MR) is 75.9 cm³/mol. The standard InChI is InChI=1S/C10H26O4Si3/c1-5-9-11-10-17(8-4)13-15(6-2)12-16(7-3)14-17/h15-16H,5-10H2,1-4H3. The summed E-state index contributed by atoms with van der Waals surface area (Å²) < 4.78 is 24.1. The highest BCUT2D eigenvalue weighted by Gasteiger charge is 2.46. The molecule has 0 amide bonds. The minimum atomic E-state index is -2.09. The zero-order valence-corrected chi connectivity index (χ0v) is 14.8. The summed E-state index contributed by atoms with van der Waals surface area (Å²) >= 11 is 0. The summed E-state index contributed by atoms with van der Waals surface area (Å²) in [5.41, 5.74) is 0. The fraction of sp³-hybridized carbons (Fsp3) is 1.00. The van der Waals surface area contributed by atoms with Crippen LogP contribution in [0.5, 0.6) is 0 Å². The van der Waals surface area contributed by atoms with Crippen molar-refractivity contribution < 1.29 is 17.1 Å². The third kappa shape index (κ3) is 4.58. The minimum absolute atomic E-state index is 0.688. The van der Waals surface area contributed by atoms with E-state index in [2.05, 4.69) is 27.7 Å². The minimum Gasteiger partial charge on any atom is -0.420 e. The van der Waals surface area contributed by atoms with Crippen LogP contribution in [-0.4, -0.2) is 40.0 Å². The van der Waals surface area contributed by atoms with Crippen LogP contribution >= 0.6 is 0 Å². The second-order valence-electron chi connectivity index (χ2n) is 4.36. The van der Waals surface area contributed by atoms with E-state index in [1.54, 1.807) is 0 Å². The molecule has 0 aromatic heterocycles. The Morgan fingerprint density at radius 1 is 1.00 bits per heavy atom. The molecule has 2 atom stereocenters. The monoisotopic (exact) mass is 294 g/mol. The number of hydrogen-bond donors (Lipinski definition) is 0. The normalized spacial score (nSPS) is 33.9. The van der Waals surface area contributed by atoms with Crippen molar-refractivity contribution in [2.45, 2.75) is 52.2 Å². The molecule has 17 heavy (non-hydrogen) atoms. The summed E-state index contributed by atoms with van der Waals surface area (Å²) in [4.78, 5) is 0. The van der Waals surface area contributed by atoms with Crippen molar-refractivity contribution in [3.05, 3.63) is 0 Å². The van der Waals surface area contributed by atoms with Crippen molar-refractivity contribution >= 4 is 27.1 Å². The Balaban J connectivity index is 2.60. The lowest BCUT2D eigenvalue weighted by molar-refractivity contribution is 0.135. The summed E-state index contributed by atoms with van der Waals surface area (Å²) in [6.45, 7) is 9.41. The van der Waals surface area contributed by atoms with Crippen molar-refractivity contribution in [3.8, 4) is 0 Å². The fourth-order valence-corrected chi connectivity index (χ4v) is 14.6. The van der Waals surface area contributed by atoms with Gasteiger partial charge in [-0.1, -0.05) is 27.7 Å². The molecule has 0 aromatic carbocycles. The first-order valence-corrected chi connectivity index (χ1v) is 12.5.